The molecule has 0 spiro atoms. The molecule has 1 atom stereocenters. The quantitative estimate of drug-likeness (QED) is 0.610. The molecule has 0 saturated carbocycles. The van der Waals surface area contributed by atoms with Gasteiger partial charge in [0.15, 0.2) is 6.04 Å². The van der Waals surface area contributed by atoms with E-state index in [2.05, 4.69) is 11.1 Å². The van der Waals surface area contributed by atoms with Crippen molar-refractivity contribution in [2.45, 2.75) is 19.4 Å². The molecule has 0 bridgehead atoms. The van der Waals surface area contributed by atoms with Crippen molar-refractivity contribution in [3.63, 3.8) is 0 Å². The summed E-state index contributed by atoms with van der Waals surface area (Å²) in [5.41, 5.74) is 4.81. The van der Waals surface area contributed by atoms with E-state index in [-0.39, 0.29) is 0 Å². The van der Waals surface area contributed by atoms with Crippen molar-refractivity contribution in [1.82, 2.24) is 0 Å². The van der Waals surface area contributed by atoms with Crippen LogP contribution in [0, 0.1) is 0 Å². The summed E-state index contributed by atoms with van der Waals surface area (Å²) in [6.07, 6.45) is 0.316. The number of quaternary nitrogens is 1. The minimum Gasteiger partial charge on any atom is -0.477 e. The summed E-state index contributed by atoms with van der Waals surface area (Å²) in [6, 6.07) is 5.91. The second kappa shape index (κ2) is 5.92. The van der Waals surface area contributed by atoms with Crippen molar-refractivity contribution in [3.05, 3.63) is 29.8 Å². The molecule has 1 aromatic carbocycles. The number of benzene rings is 1. The van der Waals surface area contributed by atoms with Crippen LogP contribution in [0.3, 0.4) is 0 Å². The van der Waals surface area contributed by atoms with Crippen LogP contribution in [0.15, 0.2) is 24.3 Å². The highest BCUT2D eigenvalue weighted by molar-refractivity contribution is 6.39. The number of carboxylic acid groups (broad SMARTS) is 1. The van der Waals surface area contributed by atoms with E-state index in [1.165, 1.54) is 6.92 Å². The van der Waals surface area contributed by atoms with E-state index in [1.807, 2.05) is 0 Å². The number of amides is 1. The fourth-order valence-electron chi connectivity index (χ4n) is 1.32. The monoisotopic (exact) mass is 251 g/mol. The summed E-state index contributed by atoms with van der Waals surface area (Å²) >= 11 is 0. The van der Waals surface area contributed by atoms with Crippen LogP contribution in [0.1, 0.15) is 12.5 Å². The molecule has 5 N–H and O–H groups in total. The largest absolute Gasteiger partial charge is 0.477 e. The smallest absolute Gasteiger partial charge is 0.362 e. The number of carbonyl (C=O) groups is 3. The molecular weight excluding hydrogens is 236 g/mol. The molecule has 96 valence electrons. The molecule has 1 aromatic rings. The van der Waals surface area contributed by atoms with Gasteiger partial charge >= 0.3 is 5.97 Å². The first-order chi connectivity index (χ1) is 8.40. The highest BCUT2D eigenvalue weighted by Gasteiger charge is 2.16. The Hall–Kier alpha value is -2.21. The van der Waals surface area contributed by atoms with Crippen molar-refractivity contribution in [2.75, 3.05) is 5.32 Å². The van der Waals surface area contributed by atoms with Gasteiger partial charge in [0.1, 0.15) is 0 Å². The third-order valence-corrected chi connectivity index (χ3v) is 2.36. The molecule has 6 heteroatoms. The molecule has 0 saturated heterocycles. The Labute approximate surface area is 104 Å². The molecule has 1 rings (SSSR count). The molecule has 0 fully saturated rings. The minimum atomic E-state index is -0.955. The average Bonchev–Trinajstić information content (AvgIpc) is 2.31. The second-order valence-corrected chi connectivity index (χ2v) is 3.95. The van der Waals surface area contributed by atoms with Gasteiger partial charge in [-0.15, -0.1) is 0 Å². The molecule has 0 heterocycles. The zero-order valence-corrected chi connectivity index (χ0v) is 9.97. The summed E-state index contributed by atoms with van der Waals surface area (Å²) in [6.45, 7) is 1.18. The molecule has 0 radical (unpaired) electrons. The van der Waals surface area contributed by atoms with Gasteiger partial charge in [0.2, 0.25) is 5.78 Å². The Morgan fingerprint density at radius 3 is 2.28 bits per heavy atom. The van der Waals surface area contributed by atoms with E-state index in [4.69, 9.17) is 5.11 Å². The average molecular weight is 251 g/mol. The van der Waals surface area contributed by atoms with Crippen LogP contribution in [0.2, 0.25) is 0 Å². The van der Waals surface area contributed by atoms with Gasteiger partial charge in [0.25, 0.3) is 5.91 Å². The third-order valence-electron chi connectivity index (χ3n) is 2.36. The highest BCUT2D eigenvalue weighted by atomic mass is 16.4. The fourth-order valence-corrected chi connectivity index (χ4v) is 1.32. The molecule has 1 amide bonds. The number of anilines is 1. The zero-order chi connectivity index (χ0) is 13.7. The van der Waals surface area contributed by atoms with Crippen LogP contribution in [0.25, 0.3) is 0 Å². The maximum Gasteiger partial charge on any atom is 0.362 e. The number of nitrogens with one attached hydrogen (secondary N) is 1. The van der Waals surface area contributed by atoms with Crippen molar-refractivity contribution in [3.8, 4) is 0 Å². The molecule has 0 aliphatic heterocycles. The number of carbonyl (C=O) groups excluding carboxylic acids is 2. The van der Waals surface area contributed by atoms with Crippen LogP contribution < -0.4 is 11.1 Å². The molecule has 0 aromatic heterocycles. The van der Waals surface area contributed by atoms with E-state index in [1.54, 1.807) is 24.3 Å². The maximum atomic E-state index is 11.1. The number of hydrogen-bond donors (Lipinski definition) is 3. The zero-order valence-electron chi connectivity index (χ0n) is 9.97. The highest BCUT2D eigenvalue weighted by Crippen LogP contribution is 2.10. The normalized spacial score (nSPS) is 11.7. The van der Waals surface area contributed by atoms with Gasteiger partial charge in [0.05, 0.1) is 0 Å². The summed E-state index contributed by atoms with van der Waals surface area (Å²) < 4.78 is 0. The molecule has 6 nitrogen and oxygen atoms in total. The van der Waals surface area contributed by atoms with E-state index < -0.39 is 23.7 Å². The van der Waals surface area contributed by atoms with E-state index in [0.29, 0.717) is 12.1 Å². The summed E-state index contributed by atoms with van der Waals surface area (Å²) in [4.78, 5) is 32.5. The van der Waals surface area contributed by atoms with Crippen LogP contribution in [-0.4, -0.2) is 28.8 Å². The lowest BCUT2D eigenvalue weighted by Crippen LogP contribution is -2.65. The van der Waals surface area contributed by atoms with E-state index in [0.717, 1.165) is 5.56 Å². The van der Waals surface area contributed by atoms with Crippen molar-refractivity contribution < 1.29 is 25.2 Å². The number of rotatable bonds is 5. The van der Waals surface area contributed by atoms with E-state index >= 15 is 0 Å². The molecule has 0 aliphatic carbocycles. The molecule has 18 heavy (non-hydrogen) atoms. The number of aliphatic carboxylic acids is 1. The fraction of sp³-hybridized carbons (Fsp3) is 0.250. The van der Waals surface area contributed by atoms with Gasteiger partial charge in [0, 0.05) is 19.0 Å². The van der Waals surface area contributed by atoms with Gasteiger partial charge in [-0.1, -0.05) is 12.1 Å². The standard InChI is InChI=1S/C12H14N2O4/c1-7(15)11(16)14-9-4-2-8(3-5-9)6-10(13)12(17)18/h2-5,10H,6,13H2,1H3,(H,14,16)(H,17,18)/p+1. The lowest BCUT2D eigenvalue weighted by atomic mass is 10.1. The predicted octanol–water partition coefficient (Wildman–Crippen LogP) is -0.548. The van der Waals surface area contributed by atoms with E-state index in [9.17, 15) is 14.4 Å². The SMILES string of the molecule is CC(=O)C(=O)Nc1ccc(CC([NH3+])C(=O)O)cc1. The summed E-state index contributed by atoms with van der Waals surface area (Å²) in [5, 5.41) is 11.1. The lowest BCUT2D eigenvalue weighted by Gasteiger charge is -2.06. The number of Topliss-reactive ketones (excluding diaryl/α,β-unsaturated/α-hetero) is 1. The topological polar surface area (TPSA) is 111 Å². The van der Waals surface area contributed by atoms with Gasteiger partial charge < -0.3 is 16.2 Å². The molecule has 0 aliphatic rings. The first-order valence-corrected chi connectivity index (χ1v) is 5.37. The van der Waals surface area contributed by atoms with Crippen LogP contribution in [0.4, 0.5) is 5.69 Å². The van der Waals surface area contributed by atoms with Gasteiger partial charge in [-0.25, -0.2) is 4.79 Å². The maximum absolute atomic E-state index is 11.1. The van der Waals surface area contributed by atoms with Gasteiger partial charge in [-0.05, 0) is 17.7 Å². The Kier molecular flexibility index (Phi) is 4.56. The van der Waals surface area contributed by atoms with Gasteiger partial charge in [-0.3, -0.25) is 9.59 Å². The van der Waals surface area contributed by atoms with Crippen molar-refractivity contribution in [2.24, 2.45) is 0 Å². The van der Waals surface area contributed by atoms with Crippen LogP contribution in [-0.2, 0) is 20.8 Å². The number of ketones is 1. The summed E-state index contributed by atoms with van der Waals surface area (Å²) in [7, 11) is 0. The first kappa shape index (κ1) is 13.9. The third kappa shape index (κ3) is 3.99. The minimum absolute atomic E-state index is 0.316. The van der Waals surface area contributed by atoms with Gasteiger partial charge in [-0.2, -0.15) is 0 Å². The Balaban J connectivity index is 2.66. The summed E-state index contributed by atoms with van der Waals surface area (Å²) in [5.74, 6) is -2.20. The molecular formula is C12H15N2O4+. The Morgan fingerprint density at radius 1 is 1.28 bits per heavy atom. The number of hydrogen-bond acceptors (Lipinski definition) is 3. The Bertz CT molecular complexity index is 467. The second-order valence-electron chi connectivity index (χ2n) is 3.95. The lowest BCUT2D eigenvalue weighted by molar-refractivity contribution is -0.407. The van der Waals surface area contributed by atoms with Crippen molar-refractivity contribution in [1.29, 1.82) is 0 Å². The van der Waals surface area contributed by atoms with Crippen LogP contribution in [0.5, 0.6) is 0 Å². The number of carboxylic acids is 1. The van der Waals surface area contributed by atoms with Crippen molar-refractivity contribution >= 4 is 23.3 Å². The Morgan fingerprint density at radius 2 is 1.83 bits per heavy atom. The van der Waals surface area contributed by atoms with Crippen LogP contribution >= 0.6 is 0 Å². The predicted molar refractivity (Wildman–Crippen MR) is 63.8 cm³/mol. The first-order valence-electron chi connectivity index (χ1n) is 5.37. The molecule has 1 unspecified atom stereocenters.